The number of para-hydroxylation sites is 1. The van der Waals surface area contributed by atoms with Crippen molar-refractivity contribution < 1.29 is 4.79 Å². The van der Waals surface area contributed by atoms with E-state index in [9.17, 15) is 4.79 Å². The van der Waals surface area contributed by atoms with Gasteiger partial charge in [-0.05, 0) is 47.2 Å². The summed E-state index contributed by atoms with van der Waals surface area (Å²) in [5, 5.41) is 3.59. The van der Waals surface area contributed by atoms with E-state index in [0.29, 0.717) is 16.6 Å². The van der Waals surface area contributed by atoms with Crippen LogP contribution in [0.4, 0.5) is 5.13 Å². The molecule has 0 spiro atoms. The molecule has 1 heterocycles. The number of nitrogens with one attached hydrogen (secondary N) is 1. The van der Waals surface area contributed by atoms with Crippen LogP contribution in [0.25, 0.3) is 10.2 Å². The second-order valence-electron chi connectivity index (χ2n) is 7.18. The highest BCUT2D eigenvalue weighted by Crippen LogP contribution is 2.31. The topological polar surface area (TPSA) is 42.0 Å². The van der Waals surface area contributed by atoms with Gasteiger partial charge < -0.3 is 0 Å². The second kappa shape index (κ2) is 7.95. The summed E-state index contributed by atoms with van der Waals surface area (Å²) in [5.74, 6) is 0.267. The Hall–Kier alpha value is -2.98. The summed E-state index contributed by atoms with van der Waals surface area (Å²) in [4.78, 5) is 17.3. The Kier molecular flexibility index (Phi) is 5.22. The summed E-state index contributed by atoms with van der Waals surface area (Å²) in [6, 6.07) is 24.3. The maximum atomic E-state index is 12.6. The predicted molar refractivity (Wildman–Crippen MR) is 117 cm³/mol. The highest BCUT2D eigenvalue weighted by molar-refractivity contribution is 7.22. The number of rotatable bonds is 5. The number of hydrogen-bond acceptors (Lipinski definition) is 3. The lowest BCUT2D eigenvalue weighted by molar-refractivity contribution is 0.102. The van der Waals surface area contributed by atoms with Gasteiger partial charge in [0.2, 0.25) is 0 Å². The lowest BCUT2D eigenvalue weighted by atomic mass is 10.0. The summed E-state index contributed by atoms with van der Waals surface area (Å²) in [7, 11) is 0. The van der Waals surface area contributed by atoms with Gasteiger partial charge in [-0.15, -0.1) is 0 Å². The van der Waals surface area contributed by atoms with Crippen molar-refractivity contribution in [3.05, 3.63) is 95.1 Å². The molecule has 0 atom stereocenters. The molecule has 0 aliphatic rings. The van der Waals surface area contributed by atoms with E-state index in [2.05, 4.69) is 42.3 Å². The highest BCUT2D eigenvalue weighted by Gasteiger charge is 2.13. The molecule has 3 aromatic carbocycles. The monoisotopic (exact) mass is 386 g/mol. The summed E-state index contributed by atoms with van der Waals surface area (Å²) in [5.41, 5.74) is 5.27. The van der Waals surface area contributed by atoms with Gasteiger partial charge in [-0.2, -0.15) is 0 Å². The molecule has 4 rings (SSSR count). The van der Waals surface area contributed by atoms with Crippen molar-refractivity contribution in [2.75, 3.05) is 5.32 Å². The van der Waals surface area contributed by atoms with Gasteiger partial charge in [0.05, 0.1) is 10.2 Å². The van der Waals surface area contributed by atoms with E-state index in [0.717, 1.165) is 16.6 Å². The summed E-state index contributed by atoms with van der Waals surface area (Å²) in [6.07, 6.45) is 0.860. The molecule has 4 aromatic rings. The van der Waals surface area contributed by atoms with Crippen LogP contribution in [0.15, 0.2) is 72.8 Å². The number of fused-ring (bicyclic) bond motifs is 1. The number of benzene rings is 3. The first kappa shape index (κ1) is 18.4. The van der Waals surface area contributed by atoms with Crippen molar-refractivity contribution in [3.8, 4) is 0 Å². The van der Waals surface area contributed by atoms with Gasteiger partial charge in [0.25, 0.3) is 5.91 Å². The fourth-order valence-electron chi connectivity index (χ4n) is 3.26. The van der Waals surface area contributed by atoms with E-state index < -0.39 is 0 Å². The SMILES string of the molecule is CC(C)c1cccc2sc(NC(=O)c3ccc(Cc4ccccc4)cc3)nc12. The molecule has 0 saturated heterocycles. The first-order valence-corrected chi connectivity index (χ1v) is 10.3. The van der Waals surface area contributed by atoms with Gasteiger partial charge in [0, 0.05) is 5.56 Å². The van der Waals surface area contributed by atoms with Crippen LogP contribution in [-0.4, -0.2) is 10.9 Å². The van der Waals surface area contributed by atoms with E-state index in [4.69, 9.17) is 0 Å². The number of thiazole rings is 1. The minimum atomic E-state index is -0.128. The number of carbonyl (C=O) groups is 1. The molecule has 0 aliphatic carbocycles. The molecule has 1 aromatic heterocycles. The number of aromatic nitrogens is 1. The van der Waals surface area contributed by atoms with Crippen LogP contribution in [0.2, 0.25) is 0 Å². The fraction of sp³-hybridized carbons (Fsp3) is 0.167. The Balaban J connectivity index is 1.49. The van der Waals surface area contributed by atoms with E-state index in [-0.39, 0.29) is 5.91 Å². The van der Waals surface area contributed by atoms with Crippen molar-refractivity contribution >= 4 is 32.6 Å². The fourth-order valence-corrected chi connectivity index (χ4v) is 4.16. The average molecular weight is 387 g/mol. The van der Waals surface area contributed by atoms with Gasteiger partial charge in [-0.25, -0.2) is 4.98 Å². The van der Waals surface area contributed by atoms with Crippen LogP contribution < -0.4 is 5.32 Å². The maximum Gasteiger partial charge on any atom is 0.257 e. The minimum Gasteiger partial charge on any atom is -0.298 e. The first-order chi connectivity index (χ1) is 13.6. The Bertz CT molecular complexity index is 1100. The zero-order valence-electron chi connectivity index (χ0n) is 16.0. The van der Waals surface area contributed by atoms with Crippen LogP contribution in [0.3, 0.4) is 0 Å². The van der Waals surface area contributed by atoms with Crippen molar-refractivity contribution in [3.63, 3.8) is 0 Å². The van der Waals surface area contributed by atoms with Crippen molar-refractivity contribution in [1.82, 2.24) is 4.98 Å². The standard InChI is InChI=1S/C24H22N2OS/c1-16(2)20-9-6-10-21-22(20)25-24(28-21)26-23(27)19-13-11-18(12-14-19)15-17-7-4-3-5-8-17/h3-14,16H,15H2,1-2H3,(H,25,26,27). The molecule has 0 unspecified atom stereocenters. The van der Waals surface area contributed by atoms with Crippen molar-refractivity contribution in [2.45, 2.75) is 26.2 Å². The number of carbonyl (C=O) groups excluding carboxylic acids is 1. The van der Waals surface area contributed by atoms with E-state index >= 15 is 0 Å². The van der Waals surface area contributed by atoms with Crippen LogP contribution in [0.1, 0.15) is 46.8 Å². The number of hydrogen-bond donors (Lipinski definition) is 1. The Labute approximate surface area is 169 Å². The lowest BCUT2D eigenvalue weighted by Gasteiger charge is -2.05. The third-order valence-corrected chi connectivity index (χ3v) is 5.70. The minimum absolute atomic E-state index is 0.128. The molecule has 0 saturated carbocycles. The molecule has 0 bridgehead atoms. The zero-order chi connectivity index (χ0) is 19.5. The van der Waals surface area contributed by atoms with Gasteiger partial charge >= 0.3 is 0 Å². The molecule has 0 fully saturated rings. The lowest BCUT2D eigenvalue weighted by Crippen LogP contribution is -2.11. The third-order valence-electron chi connectivity index (χ3n) is 4.76. The maximum absolute atomic E-state index is 12.6. The van der Waals surface area contributed by atoms with Crippen LogP contribution in [0, 0.1) is 0 Å². The number of nitrogens with zero attached hydrogens (tertiary/aromatic N) is 1. The van der Waals surface area contributed by atoms with Crippen LogP contribution >= 0.6 is 11.3 Å². The summed E-state index contributed by atoms with van der Waals surface area (Å²) >= 11 is 1.51. The normalized spacial score (nSPS) is 11.1. The predicted octanol–water partition coefficient (Wildman–Crippen LogP) is 6.26. The van der Waals surface area contributed by atoms with Crippen LogP contribution in [0.5, 0.6) is 0 Å². The van der Waals surface area contributed by atoms with Gasteiger partial charge in [0.1, 0.15) is 0 Å². The van der Waals surface area contributed by atoms with Gasteiger partial charge in [-0.3, -0.25) is 10.1 Å². The Morgan fingerprint density at radius 3 is 2.36 bits per heavy atom. The molecule has 3 nitrogen and oxygen atoms in total. The third kappa shape index (κ3) is 3.97. The van der Waals surface area contributed by atoms with E-state index in [1.807, 2.05) is 54.6 Å². The molecule has 1 amide bonds. The average Bonchev–Trinajstić information content (AvgIpc) is 3.11. The van der Waals surface area contributed by atoms with E-state index in [1.165, 1.54) is 28.0 Å². The molecule has 140 valence electrons. The molecular formula is C24H22N2OS. The van der Waals surface area contributed by atoms with Crippen LogP contribution in [-0.2, 0) is 6.42 Å². The summed E-state index contributed by atoms with van der Waals surface area (Å²) in [6.45, 7) is 4.31. The summed E-state index contributed by atoms with van der Waals surface area (Å²) < 4.78 is 1.10. The smallest absolute Gasteiger partial charge is 0.257 e. The molecular weight excluding hydrogens is 364 g/mol. The van der Waals surface area contributed by atoms with Crippen molar-refractivity contribution in [1.29, 1.82) is 0 Å². The van der Waals surface area contributed by atoms with E-state index in [1.54, 1.807) is 0 Å². The first-order valence-electron chi connectivity index (χ1n) is 9.44. The molecule has 28 heavy (non-hydrogen) atoms. The Morgan fingerprint density at radius 1 is 0.929 bits per heavy atom. The molecule has 1 N–H and O–H groups in total. The number of amides is 1. The second-order valence-corrected chi connectivity index (χ2v) is 8.21. The number of anilines is 1. The Morgan fingerprint density at radius 2 is 1.64 bits per heavy atom. The highest BCUT2D eigenvalue weighted by atomic mass is 32.1. The van der Waals surface area contributed by atoms with Gasteiger partial charge in [0.15, 0.2) is 5.13 Å². The molecule has 4 heteroatoms. The molecule has 0 aliphatic heterocycles. The quantitative estimate of drug-likeness (QED) is 0.440. The van der Waals surface area contributed by atoms with Crippen molar-refractivity contribution in [2.24, 2.45) is 0 Å². The molecule has 0 radical (unpaired) electrons. The zero-order valence-corrected chi connectivity index (χ0v) is 16.8. The van der Waals surface area contributed by atoms with Gasteiger partial charge in [-0.1, -0.05) is 79.8 Å². The largest absolute Gasteiger partial charge is 0.298 e.